The topological polar surface area (TPSA) is 42.2 Å². The van der Waals surface area contributed by atoms with Crippen LogP contribution in [0.1, 0.15) is 30.5 Å². The number of pyridine rings is 1. The standard InChI is InChI=1S/C14H23N3.ClH/c1-12-4-2-8-16-14(12)11-17-9-3-5-13(10-17)6-7-15;/h2,4,8,13H,3,5-7,9-11,15H2,1H3;1H. The molecular weight excluding hydrogens is 246 g/mol. The Morgan fingerprint density at radius 3 is 3.06 bits per heavy atom. The minimum absolute atomic E-state index is 0. The molecule has 0 aromatic carbocycles. The molecule has 0 radical (unpaired) electrons. The first-order chi connectivity index (χ1) is 8.29. The first kappa shape index (κ1) is 15.4. The highest BCUT2D eigenvalue weighted by Crippen LogP contribution is 2.20. The van der Waals surface area contributed by atoms with Crippen molar-refractivity contribution in [1.82, 2.24) is 9.88 Å². The second-order valence-electron chi connectivity index (χ2n) is 5.09. The fraction of sp³-hybridized carbons (Fsp3) is 0.643. The van der Waals surface area contributed by atoms with Crippen LogP contribution < -0.4 is 5.73 Å². The first-order valence-corrected chi connectivity index (χ1v) is 6.62. The maximum absolute atomic E-state index is 5.65. The lowest BCUT2D eigenvalue weighted by Gasteiger charge is -2.32. The molecule has 3 nitrogen and oxygen atoms in total. The summed E-state index contributed by atoms with van der Waals surface area (Å²) < 4.78 is 0. The second kappa shape index (κ2) is 7.72. The lowest BCUT2D eigenvalue weighted by molar-refractivity contribution is 0.161. The molecule has 1 aliphatic rings. The lowest BCUT2D eigenvalue weighted by Crippen LogP contribution is -2.36. The molecule has 4 heteroatoms. The third-order valence-electron chi connectivity index (χ3n) is 3.67. The molecule has 2 rings (SSSR count). The summed E-state index contributed by atoms with van der Waals surface area (Å²) in [5.41, 5.74) is 8.17. The number of likely N-dealkylation sites (tertiary alicyclic amines) is 1. The Balaban J connectivity index is 0.00000162. The molecule has 2 N–H and O–H groups in total. The second-order valence-corrected chi connectivity index (χ2v) is 5.09. The number of aryl methyl sites for hydroxylation is 1. The van der Waals surface area contributed by atoms with E-state index in [4.69, 9.17) is 5.73 Å². The number of rotatable bonds is 4. The van der Waals surface area contributed by atoms with Crippen LogP contribution in [0.2, 0.25) is 0 Å². The summed E-state index contributed by atoms with van der Waals surface area (Å²) in [4.78, 5) is 7.00. The van der Waals surface area contributed by atoms with Gasteiger partial charge in [0.1, 0.15) is 0 Å². The van der Waals surface area contributed by atoms with Crippen molar-refractivity contribution in [2.24, 2.45) is 11.7 Å². The highest BCUT2D eigenvalue weighted by atomic mass is 35.5. The zero-order valence-electron chi connectivity index (χ0n) is 11.1. The van der Waals surface area contributed by atoms with Gasteiger partial charge < -0.3 is 5.73 Å². The number of piperidine rings is 1. The van der Waals surface area contributed by atoms with Crippen molar-refractivity contribution in [3.63, 3.8) is 0 Å². The van der Waals surface area contributed by atoms with Gasteiger partial charge in [-0.3, -0.25) is 9.88 Å². The summed E-state index contributed by atoms with van der Waals surface area (Å²) in [5, 5.41) is 0. The van der Waals surface area contributed by atoms with Crippen LogP contribution in [-0.2, 0) is 6.54 Å². The van der Waals surface area contributed by atoms with E-state index in [1.807, 2.05) is 12.3 Å². The molecule has 0 bridgehead atoms. The molecule has 1 aromatic heterocycles. The van der Waals surface area contributed by atoms with Gasteiger partial charge in [-0.25, -0.2) is 0 Å². The number of hydrogen-bond acceptors (Lipinski definition) is 3. The summed E-state index contributed by atoms with van der Waals surface area (Å²) in [5.74, 6) is 0.790. The highest BCUT2D eigenvalue weighted by Gasteiger charge is 2.19. The van der Waals surface area contributed by atoms with Gasteiger partial charge in [-0.1, -0.05) is 6.07 Å². The Kier molecular flexibility index (Phi) is 6.61. The van der Waals surface area contributed by atoms with Crippen LogP contribution >= 0.6 is 12.4 Å². The molecule has 0 spiro atoms. The molecule has 0 amide bonds. The van der Waals surface area contributed by atoms with Gasteiger partial charge in [0.05, 0.1) is 5.69 Å². The van der Waals surface area contributed by atoms with E-state index >= 15 is 0 Å². The predicted molar refractivity (Wildman–Crippen MR) is 77.9 cm³/mol. The van der Waals surface area contributed by atoms with E-state index in [9.17, 15) is 0 Å². The Labute approximate surface area is 116 Å². The number of aromatic nitrogens is 1. The number of hydrogen-bond donors (Lipinski definition) is 1. The lowest BCUT2D eigenvalue weighted by atomic mass is 9.94. The van der Waals surface area contributed by atoms with E-state index in [2.05, 4.69) is 22.9 Å². The summed E-state index contributed by atoms with van der Waals surface area (Å²) in [6.45, 7) is 6.35. The number of nitrogens with two attached hydrogens (primary N) is 1. The largest absolute Gasteiger partial charge is 0.330 e. The van der Waals surface area contributed by atoms with Crippen molar-refractivity contribution >= 4 is 12.4 Å². The highest BCUT2D eigenvalue weighted by molar-refractivity contribution is 5.85. The monoisotopic (exact) mass is 269 g/mol. The molecule has 1 fully saturated rings. The average Bonchev–Trinajstić information content (AvgIpc) is 2.33. The van der Waals surface area contributed by atoms with E-state index in [0.29, 0.717) is 0 Å². The van der Waals surface area contributed by atoms with Crippen molar-refractivity contribution < 1.29 is 0 Å². The number of nitrogens with zero attached hydrogens (tertiary/aromatic N) is 2. The Bertz CT molecular complexity index is 355. The molecule has 1 atom stereocenters. The fourth-order valence-corrected chi connectivity index (χ4v) is 2.66. The van der Waals surface area contributed by atoms with Gasteiger partial charge in [0.2, 0.25) is 0 Å². The van der Waals surface area contributed by atoms with Gasteiger partial charge in [-0.15, -0.1) is 12.4 Å². The fourth-order valence-electron chi connectivity index (χ4n) is 2.66. The SMILES string of the molecule is Cc1cccnc1CN1CCCC(CCN)C1.Cl. The molecule has 2 heterocycles. The van der Waals surface area contributed by atoms with Crippen LogP contribution in [0.4, 0.5) is 0 Å². The summed E-state index contributed by atoms with van der Waals surface area (Å²) in [6, 6.07) is 4.15. The Morgan fingerprint density at radius 2 is 2.33 bits per heavy atom. The maximum Gasteiger partial charge on any atom is 0.0573 e. The van der Waals surface area contributed by atoms with Crippen LogP contribution in [0.25, 0.3) is 0 Å². The average molecular weight is 270 g/mol. The molecular formula is C14H24ClN3. The van der Waals surface area contributed by atoms with Crippen LogP contribution in [0.5, 0.6) is 0 Å². The Hall–Kier alpha value is -0.640. The third kappa shape index (κ3) is 4.23. The zero-order valence-corrected chi connectivity index (χ0v) is 12.0. The quantitative estimate of drug-likeness (QED) is 0.913. The number of halogens is 1. The normalized spacial score (nSPS) is 20.4. The van der Waals surface area contributed by atoms with Gasteiger partial charge >= 0.3 is 0 Å². The van der Waals surface area contributed by atoms with Gasteiger partial charge in [0, 0.05) is 19.3 Å². The van der Waals surface area contributed by atoms with E-state index in [1.54, 1.807) is 0 Å². The van der Waals surface area contributed by atoms with Gasteiger partial charge in [-0.05, 0) is 56.8 Å². The van der Waals surface area contributed by atoms with E-state index < -0.39 is 0 Å². The van der Waals surface area contributed by atoms with Gasteiger partial charge in [0.15, 0.2) is 0 Å². The van der Waals surface area contributed by atoms with Crippen LogP contribution in [0.3, 0.4) is 0 Å². The molecule has 0 saturated carbocycles. The summed E-state index contributed by atoms with van der Waals surface area (Å²) in [7, 11) is 0. The molecule has 102 valence electrons. The third-order valence-corrected chi connectivity index (χ3v) is 3.67. The smallest absolute Gasteiger partial charge is 0.0573 e. The Morgan fingerprint density at radius 1 is 1.50 bits per heavy atom. The maximum atomic E-state index is 5.65. The van der Waals surface area contributed by atoms with E-state index in [-0.39, 0.29) is 12.4 Å². The molecule has 1 aliphatic heterocycles. The van der Waals surface area contributed by atoms with Gasteiger partial charge in [-0.2, -0.15) is 0 Å². The van der Waals surface area contributed by atoms with Gasteiger partial charge in [0.25, 0.3) is 0 Å². The van der Waals surface area contributed by atoms with Crippen molar-refractivity contribution in [2.75, 3.05) is 19.6 Å². The first-order valence-electron chi connectivity index (χ1n) is 6.62. The molecule has 1 saturated heterocycles. The van der Waals surface area contributed by atoms with Crippen molar-refractivity contribution in [3.05, 3.63) is 29.6 Å². The van der Waals surface area contributed by atoms with E-state index in [1.165, 1.54) is 37.2 Å². The van der Waals surface area contributed by atoms with E-state index in [0.717, 1.165) is 25.4 Å². The molecule has 1 aromatic rings. The molecule has 1 unspecified atom stereocenters. The summed E-state index contributed by atoms with van der Waals surface area (Å²) >= 11 is 0. The van der Waals surface area contributed by atoms with Crippen molar-refractivity contribution in [3.8, 4) is 0 Å². The zero-order chi connectivity index (χ0) is 12.1. The minimum atomic E-state index is 0. The van der Waals surface area contributed by atoms with Crippen molar-refractivity contribution in [1.29, 1.82) is 0 Å². The van der Waals surface area contributed by atoms with Crippen LogP contribution in [0.15, 0.2) is 18.3 Å². The minimum Gasteiger partial charge on any atom is -0.330 e. The van der Waals surface area contributed by atoms with Crippen LogP contribution in [0, 0.1) is 12.8 Å². The summed E-state index contributed by atoms with van der Waals surface area (Å²) in [6.07, 6.45) is 5.70. The predicted octanol–water partition coefficient (Wildman–Crippen LogP) is 2.37. The molecule has 0 aliphatic carbocycles. The molecule has 18 heavy (non-hydrogen) atoms. The van der Waals surface area contributed by atoms with Crippen molar-refractivity contribution in [2.45, 2.75) is 32.7 Å². The van der Waals surface area contributed by atoms with Crippen LogP contribution in [-0.4, -0.2) is 29.5 Å².